The van der Waals surface area contributed by atoms with Crippen molar-refractivity contribution in [3.05, 3.63) is 53.1 Å². The molecular formula is C27H36N4O2. The Morgan fingerprint density at radius 3 is 2.55 bits per heavy atom. The van der Waals surface area contributed by atoms with E-state index in [9.17, 15) is 9.59 Å². The number of piperidine rings is 1. The minimum Gasteiger partial charge on any atom is -0.342 e. The van der Waals surface area contributed by atoms with Crippen molar-refractivity contribution in [2.24, 2.45) is 11.3 Å². The number of carbonyl (C=O) groups excluding carboxylic acids is 2. The molecule has 1 aromatic carbocycles. The highest BCUT2D eigenvalue weighted by Crippen LogP contribution is 2.50. The van der Waals surface area contributed by atoms with Gasteiger partial charge in [0.2, 0.25) is 5.91 Å². The number of rotatable bonds is 5. The average molecular weight is 449 g/mol. The van der Waals surface area contributed by atoms with E-state index in [1.54, 1.807) is 0 Å². The van der Waals surface area contributed by atoms with E-state index in [0.29, 0.717) is 30.6 Å². The van der Waals surface area contributed by atoms with Gasteiger partial charge in [-0.05, 0) is 71.4 Å². The van der Waals surface area contributed by atoms with Gasteiger partial charge in [-0.3, -0.25) is 9.59 Å². The van der Waals surface area contributed by atoms with Gasteiger partial charge >= 0.3 is 0 Å². The summed E-state index contributed by atoms with van der Waals surface area (Å²) in [6.45, 7) is 11.1. The van der Waals surface area contributed by atoms with Gasteiger partial charge in [-0.25, -0.2) is 4.98 Å². The Morgan fingerprint density at radius 2 is 1.91 bits per heavy atom. The lowest BCUT2D eigenvalue weighted by molar-refractivity contribution is -0.146. The maximum Gasteiger partial charge on any atom is 0.253 e. The summed E-state index contributed by atoms with van der Waals surface area (Å²) in [5, 5.41) is 0. The maximum atomic E-state index is 14.0. The van der Waals surface area contributed by atoms with Crippen molar-refractivity contribution in [1.29, 1.82) is 0 Å². The molecule has 1 aromatic heterocycles. The summed E-state index contributed by atoms with van der Waals surface area (Å²) < 4.78 is 2.10. The lowest BCUT2D eigenvalue weighted by Crippen LogP contribution is -2.52. The Kier molecular flexibility index (Phi) is 5.58. The number of amides is 2. The van der Waals surface area contributed by atoms with Crippen LogP contribution < -0.4 is 0 Å². The molecule has 33 heavy (non-hydrogen) atoms. The molecule has 6 nitrogen and oxygen atoms in total. The molecule has 3 fully saturated rings. The summed E-state index contributed by atoms with van der Waals surface area (Å²) in [5.74, 6) is 0.860. The molecule has 0 bridgehead atoms. The highest BCUT2D eigenvalue weighted by molar-refractivity contribution is 5.96. The van der Waals surface area contributed by atoms with Gasteiger partial charge in [-0.1, -0.05) is 17.2 Å². The van der Waals surface area contributed by atoms with Gasteiger partial charge in [0.05, 0.1) is 17.4 Å². The molecule has 176 valence electrons. The first-order valence-corrected chi connectivity index (χ1v) is 12.5. The summed E-state index contributed by atoms with van der Waals surface area (Å²) in [7, 11) is 0. The molecule has 0 radical (unpaired) electrons. The summed E-state index contributed by atoms with van der Waals surface area (Å²) >= 11 is 0. The molecule has 0 unspecified atom stereocenters. The van der Waals surface area contributed by atoms with Gasteiger partial charge in [0.25, 0.3) is 5.91 Å². The predicted octanol–water partition coefficient (Wildman–Crippen LogP) is 4.34. The summed E-state index contributed by atoms with van der Waals surface area (Å²) in [6, 6.07) is 6.32. The first kappa shape index (κ1) is 22.2. The molecule has 3 aliphatic rings. The van der Waals surface area contributed by atoms with Crippen LogP contribution in [0.1, 0.15) is 78.7 Å². The van der Waals surface area contributed by atoms with Crippen LogP contribution in [0.2, 0.25) is 0 Å². The molecule has 2 aromatic rings. The predicted molar refractivity (Wildman–Crippen MR) is 128 cm³/mol. The van der Waals surface area contributed by atoms with Crippen molar-refractivity contribution in [1.82, 2.24) is 19.4 Å². The van der Waals surface area contributed by atoms with Crippen LogP contribution >= 0.6 is 0 Å². The Bertz CT molecular complexity index is 1050. The maximum absolute atomic E-state index is 14.0. The number of nitrogens with zero attached hydrogens (tertiary/aromatic N) is 4. The highest BCUT2D eigenvalue weighted by atomic mass is 16.2. The molecule has 1 aliphatic carbocycles. The van der Waals surface area contributed by atoms with Gasteiger partial charge in [0, 0.05) is 49.9 Å². The zero-order chi connectivity index (χ0) is 23.3. The lowest BCUT2D eigenvalue weighted by atomic mass is 9.70. The van der Waals surface area contributed by atoms with Crippen LogP contribution in [0.4, 0.5) is 0 Å². The van der Waals surface area contributed by atoms with Crippen LogP contribution in [-0.2, 0) is 4.79 Å². The molecule has 2 amide bonds. The van der Waals surface area contributed by atoms with E-state index in [2.05, 4.69) is 35.6 Å². The quantitative estimate of drug-likeness (QED) is 0.684. The van der Waals surface area contributed by atoms with Crippen LogP contribution in [0.5, 0.6) is 0 Å². The molecule has 0 N–H and O–H groups in total. The van der Waals surface area contributed by atoms with E-state index in [-0.39, 0.29) is 17.7 Å². The van der Waals surface area contributed by atoms with E-state index in [1.165, 1.54) is 12.8 Å². The first-order valence-electron chi connectivity index (χ1n) is 12.5. The van der Waals surface area contributed by atoms with Crippen molar-refractivity contribution in [3.8, 4) is 0 Å². The molecule has 6 heteroatoms. The van der Waals surface area contributed by atoms with E-state index < -0.39 is 5.41 Å². The van der Waals surface area contributed by atoms with Crippen LogP contribution in [0.15, 0.2) is 30.7 Å². The summed E-state index contributed by atoms with van der Waals surface area (Å²) in [5.41, 5.74) is 3.26. The number of benzene rings is 1. The zero-order valence-corrected chi connectivity index (χ0v) is 20.4. The van der Waals surface area contributed by atoms with E-state index >= 15 is 0 Å². The van der Waals surface area contributed by atoms with E-state index in [4.69, 9.17) is 4.98 Å². The molecular weight excluding hydrogens is 412 g/mol. The van der Waals surface area contributed by atoms with Gasteiger partial charge in [0.1, 0.15) is 0 Å². The SMILES string of the molecule is Cc1cc(C)cc(C(=O)N2C[C@H](c3cn(C(C)C)cn3)[C@]3(CCCN(CC4CC4)C3=O)C2)c1. The number of aryl methyl sites for hydroxylation is 2. The Labute approximate surface area is 197 Å². The third kappa shape index (κ3) is 4.09. The van der Waals surface area contributed by atoms with Gasteiger partial charge in [-0.15, -0.1) is 0 Å². The zero-order valence-electron chi connectivity index (χ0n) is 20.4. The Hall–Kier alpha value is -2.63. The average Bonchev–Trinajstić information content (AvgIpc) is 3.30. The molecule has 3 heterocycles. The molecule has 1 saturated carbocycles. The highest BCUT2D eigenvalue weighted by Gasteiger charge is 2.57. The van der Waals surface area contributed by atoms with E-state index in [1.807, 2.05) is 37.2 Å². The normalized spacial score (nSPS) is 25.5. The number of hydrogen-bond acceptors (Lipinski definition) is 3. The van der Waals surface area contributed by atoms with Crippen LogP contribution in [-0.4, -0.2) is 57.3 Å². The fourth-order valence-corrected chi connectivity index (χ4v) is 5.90. The third-order valence-corrected chi connectivity index (χ3v) is 7.81. The van der Waals surface area contributed by atoms with E-state index in [0.717, 1.165) is 42.8 Å². The largest absolute Gasteiger partial charge is 0.342 e. The molecule has 2 atom stereocenters. The summed E-state index contributed by atoms with van der Waals surface area (Å²) in [4.78, 5) is 36.4. The minimum absolute atomic E-state index is 0.0269. The van der Waals surface area contributed by atoms with Crippen LogP contribution in [0.3, 0.4) is 0 Å². The number of aromatic nitrogens is 2. The topological polar surface area (TPSA) is 58.4 Å². The van der Waals surface area contributed by atoms with Gasteiger partial charge < -0.3 is 14.4 Å². The molecule has 2 saturated heterocycles. The smallest absolute Gasteiger partial charge is 0.253 e. The minimum atomic E-state index is -0.572. The van der Waals surface area contributed by atoms with Crippen LogP contribution in [0, 0.1) is 25.2 Å². The van der Waals surface area contributed by atoms with Gasteiger partial charge in [-0.2, -0.15) is 0 Å². The number of hydrogen-bond donors (Lipinski definition) is 0. The fourth-order valence-electron chi connectivity index (χ4n) is 5.90. The number of likely N-dealkylation sites (tertiary alicyclic amines) is 2. The standard InChI is InChI=1S/C27H36N4O2/c1-18(2)31-15-24(28-17-31)23-14-30(25(32)22-11-19(3)10-20(4)12-22)16-27(23)8-5-9-29(26(27)33)13-21-6-7-21/h10-12,15,17-18,21,23H,5-9,13-14,16H2,1-4H3/t23-,27+/m1/s1. The van der Waals surface area contributed by atoms with Crippen molar-refractivity contribution >= 4 is 11.8 Å². The van der Waals surface area contributed by atoms with Crippen molar-refractivity contribution in [2.45, 2.75) is 65.3 Å². The monoisotopic (exact) mass is 448 g/mol. The molecule has 2 aliphatic heterocycles. The number of carbonyl (C=O) groups is 2. The molecule has 5 rings (SSSR count). The van der Waals surface area contributed by atoms with Crippen molar-refractivity contribution < 1.29 is 9.59 Å². The second-order valence-electron chi connectivity index (χ2n) is 10.9. The number of imidazole rings is 1. The second kappa shape index (κ2) is 8.30. The van der Waals surface area contributed by atoms with Crippen molar-refractivity contribution in [2.75, 3.05) is 26.2 Å². The Morgan fingerprint density at radius 1 is 1.18 bits per heavy atom. The summed E-state index contributed by atoms with van der Waals surface area (Å²) in [6.07, 6.45) is 8.24. The van der Waals surface area contributed by atoms with Gasteiger partial charge in [0.15, 0.2) is 0 Å². The third-order valence-electron chi connectivity index (χ3n) is 7.81. The second-order valence-corrected chi connectivity index (χ2v) is 10.9. The van der Waals surface area contributed by atoms with Crippen LogP contribution in [0.25, 0.3) is 0 Å². The molecule has 1 spiro atoms. The fraction of sp³-hybridized carbons (Fsp3) is 0.593. The first-order chi connectivity index (χ1) is 15.8. The Balaban J connectivity index is 1.50. The lowest BCUT2D eigenvalue weighted by Gasteiger charge is -2.42. The van der Waals surface area contributed by atoms with Crippen molar-refractivity contribution in [3.63, 3.8) is 0 Å².